The number of unbranched alkanes of at least 4 members (excludes halogenated alkanes) is 6. The van der Waals surface area contributed by atoms with Gasteiger partial charge in [0.2, 0.25) is 11.8 Å². The van der Waals surface area contributed by atoms with Gasteiger partial charge in [0.15, 0.2) is 0 Å². The maximum Gasteiger partial charge on any atom is 0.333 e. The summed E-state index contributed by atoms with van der Waals surface area (Å²) in [6.45, 7) is 2.19. The molecule has 0 radical (unpaired) electrons. The molecule has 1 amide bonds. The largest absolute Gasteiger partial charge is 0.494 e. The van der Waals surface area contributed by atoms with Gasteiger partial charge in [-0.1, -0.05) is 75.8 Å². The molecule has 2 heterocycles. The summed E-state index contributed by atoms with van der Waals surface area (Å²) < 4.78 is 1.96. The van der Waals surface area contributed by atoms with Gasteiger partial charge in [0, 0.05) is 26.9 Å². The summed E-state index contributed by atoms with van der Waals surface area (Å²) in [6, 6.07) is 9.19. The van der Waals surface area contributed by atoms with E-state index >= 15 is 0 Å². The third-order valence-corrected chi connectivity index (χ3v) is 6.27. The van der Waals surface area contributed by atoms with Crippen LogP contribution in [-0.4, -0.2) is 30.9 Å². The zero-order valence-corrected chi connectivity index (χ0v) is 19.8. The fourth-order valence-electron chi connectivity index (χ4n) is 4.26. The third kappa shape index (κ3) is 5.43. The number of rotatable bonds is 10. The maximum absolute atomic E-state index is 13.1. The minimum absolute atomic E-state index is 0.0354. The Morgan fingerprint density at radius 2 is 1.64 bits per heavy atom. The zero-order valence-electron chi connectivity index (χ0n) is 19.8. The molecule has 1 atom stereocenters. The first-order chi connectivity index (χ1) is 15.9. The molecule has 1 aromatic carbocycles. The molecule has 8 nitrogen and oxygen atoms in total. The Labute approximate surface area is 194 Å². The zero-order chi connectivity index (χ0) is 24.0. The number of hydrogen-bond donors (Lipinski definition) is 1. The molecule has 178 valence electrons. The van der Waals surface area contributed by atoms with E-state index in [1.807, 2.05) is 30.3 Å². The Morgan fingerprint density at radius 3 is 2.30 bits per heavy atom. The highest BCUT2D eigenvalue weighted by molar-refractivity contribution is 6.04. The van der Waals surface area contributed by atoms with E-state index in [0.29, 0.717) is 12.1 Å². The minimum atomic E-state index is -0.623. The highest BCUT2D eigenvalue weighted by atomic mass is 16.3. The minimum Gasteiger partial charge on any atom is -0.494 e. The van der Waals surface area contributed by atoms with Gasteiger partial charge < -0.3 is 5.11 Å². The number of hydrogen-bond acceptors (Lipinski definition) is 5. The van der Waals surface area contributed by atoms with Gasteiger partial charge in [-0.15, -0.1) is 0 Å². The standard InChI is InChI=1S/C25H34N4O4/c1-4-5-6-7-8-9-13-16-21(30)29-20(18-14-11-10-12-15-18)17-19(26-29)22-23(31)27(2)25(33)28(3)24(22)32/h10-12,14-15,20,31H,4-9,13,16-17H2,1-3H3. The number of aromatic hydroxyl groups is 1. The molecular weight excluding hydrogens is 420 g/mol. The number of carbonyl (C=O) groups excluding carboxylic acids is 1. The number of aromatic nitrogens is 2. The van der Waals surface area contributed by atoms with E-state index in [2.05, 4.69) is 12.0 Å². The van der Waals surface area contributed by atoms with Crippen LogP contribution in [0, 0.1) is 0 Å². The Bertz CT molecular complexity index is 1120. The first-order valence-corrected chi connectivity index (χ1v) is 11.8. The molecule has 1 aliphatic heterocycles. The molecule has 1 N–H and O–H groups in total. The van der Waals surface area contributed by atoms with Crippen molar-refractivity contribution >= 4 is 11.6 Å². The van der Waals surface area contributed by atoms with Crippen LogP contribution < -0.4 is 11.2 Å². The van der Waals surface area contributed by atoms with E-state index in [4.69, 9.17) is 0 Å². The van der Waals surface area contributed by atoms with Crippen molar-refractivity contribution in [2.24, 2.45) is 19.2 Å². The van der Waals surface area contributed by atoms with Crippen molar-refractivity contribution in [2.45, 2.75) is 70.8 Å². The number of carbonyl (C=O) groups is 1. The first-order valence-electron chi connectivity index (χ1n) is 11.8. The van der Waals surface area contributed by atoms with E-state index in [-0.39, 0.29) is 23.9 Å². The van der Waals surface area contributed by atoms with Crippen molar-refractivity contribution in [3.05, 3.63) is 62.3 Å². The molecule has 0 spiro atoms. The summed E-state index contributed by atoms with van der Waals surface area (Å²) in [5.41, 5.74) is -0.0589. The van der Waals surface area contributed by atoms with Crippen LogP contribution in [0.2, 0.25) is 0 Å². The predicted octanol–water partition coefficient (Wildman–Crippen LogP) is 3.61. The number of nitrogens with zero attached hydrogens (tertiary/aromatic N) is 4. The Balaban J connectivity index is 1.83. The lowest BCUT2D eigenvalue weighted by Gasteiger charge is -2.22. The van der Waals surface area contributed by atoms with Gasteiger partial charge in [-0.05, 0) is 12.0 Å². The van der Waals surface area contributed by atoms with Crippen LogP contribution in [0.5, 0.6) is 5.88 Å². The van der Waals surface area contributed by atoms with Gasteiger partial charge in [-0.3, -0.25) is 18.7 Å². The molecule has 0 aliphatic carbocycles. The fourth-order valence-corrected chi connectivity index (χ4v) is 4.26. The van der Waals surface area contributed by atoms with Crippen molar-refractivity contribution in [1.29, 1.82) is 0 Å². The molecular formula is C25H34N4O4. The molecule has 2 aromatic rings. The molecule has 0 bridgehead atoms. The maximum atomic E-state index is 13.1. The molecule has 8 heteroatoms. The lowest BCUT2D eigenvalue weighted by atomic mass is 9.99. The van der Waals surface area contributed by atoms with Crippen molar-refractivity contribution in [3.63, 3.8) is 0 Å². The second-order valence-electron chi connectivity index (χ2n) is 8.69. The van der Waals surface area contributed by atoms with Gasteiger partial charge in [0.1, 0.15) is 5.56 Å². The molecule has 33 heavy (non-hydrogen) atoms. The van der Waals surface area contributed by atoms with Crippen LogP contribution in [0.3, 0.4) is 0 Å². The summed E-state index contributed by atoms with van der Waals surface area (Å²) in [4.78, 5) is 38.0. The monoisotopic (exact) mass is 454 g/mol. The van der Waals surface area contributed by atoms with Crippen LogP contribution in [0.1, 0.15) is 81.9 Å². The van der Waals surface area contributed by atoms with E-state index in [1.54, 1.807) is 0 Å². The van der Waals surface area contributed by atoms with Crippen molar-refractivity contribution < 1.29 is 9.90 Å². The lowest BCUT2D eigenvalue weighted by Crippen LogP contribution is -2.39. The average molecular weight is 455 g/mol. The molecule has 0 fully saturated rings. The molecule has 3 rings (SSSR count). The summed E-state index contributed by atoms with van der Waals surface area (Å²) >= 11 is 0. The lowest BCUT2D eigenvalue weighted by molar-refractivity contribution is -0.133. The van der Waals surface area contributed by atoms with Gasteiger partial charge in [0.05, 0.1) is 11.8 Å². The van der Waals surface area contributed by atoms with Crippen LogP contribution >= 0.6 is 0 Å². The van der Waals surface area contributed by atoms with Crippen molar-refractivity contribution in [2.75, 3.05) is 0 Å². The number of amides is 1. The van der Waals surface area contributed by atoms with Gasteiger partial charge >= 0.3 is 5.69 Å². The van der Waals surface area contributed by atoms with Crippen LogP contribution in [0.4, 0.5) is 0 Å². The summed E-state index contributed by atoms with van der Waals surface area (Å²) in [5.74, 6) is -0.538. The molecule has 0 saturated carbocycles. The van der Waals surface area contributed by atoms with Crippen LogP contribution in [0.15, 0.2) is 45.0 Å². The van der Waals surface area contributed by atoms with Gasteiger partial charge in [-0.25, -0.2) is 9.80 Å². The van der Waals surface area contributed by atoms with Crippen LogP contribution in [-0.2, 0) is 18.9 Å². The quantitative estimate of drug-likeness (QED) is 0.555. The Kier molecular flexibility index (Phi) is 8.25. The highest BCUT2D eigenvalue weighted by Crippen LogP contribution is 2.34. The smallest absolute Gasteiger partial charge is 0.333 e. The summed E-state index contributed by atoms with van der Waals surface area (Å²) in [5, 5.41) is 16.5. The van der Waals surface area contributed by atoms with Crippen molar-refractivity contribution in [3.8, 4) is 5.88 Å². The van der Waals surface area contributed by atoms with Crippen LogP contribution in [0.25, 0.3) is 0 Å². The first kappa shape index (κ1) is 24.5. The molecule has 0 saturated heterocycles. The highest BCUT2D eigenvalue weighted by Gasteiger charge is 2.35. The number of hydrazone groups is 1. The normalized spacial score (nSPS) is 15.7. The topological polar surface area (TPSA) is 96.9 Å². The Hall–Kier alpha value is -3.16. The second kappa shape index (κ2) is 11.1. The third-order valence-electron chi connectivity index (χ3n) is 6.27. The summed E-state index contributed by atoms with van der Waals surface area (Å²) in [6.07, 6.45) is 8.46. The molecule has 1 aromatic heterocycles. The van der Waals surface area contributed by atoms with Gasteiger partial charge in [-0.2, -0.15) is 5.10 Å². The van der Waals surface area contributed by atoms with Crippen molar-refractivity contribution in [1.82, 2.24) is 14.1 Å². The van der Waals surface area contributed by atoms with E-state index in [1.165, 1.54) is 44.8 Å². The Morgan fingerprint density at radius 1 is 1.00 bits per heavy atom. The predicted molar refractivity (Wildman–Crippen MR) is 128 cm³/mol. The summed E-state index contributed by atoms with van der Waals surface area (Å²) in [7, 11) is 2.76. The van der Waals surface area contributed by atoms with E-state index in [9.17, 15) is 19.5 Å². The second-order valence-corrected chi connectivity index (χ2v) is 8.69. The van der Waals surface area contributed by atoms with Gasteiger partial charge in [0.25, 0.3) is 5.56 Å². The fraction of sp³-hybridized carbons (Fsp3) is 0.520. The average Bonchev–Trinajstić information content (AvgIpc) is 3.26. The number of benzene rings is 1. The SMILES string of the molecule is CCCCCCCCCC(=O)N1N=C(c2c(O)n(C)c(=O)n(C)c2=O)CC1c1ccccc1. The molecule has 1 aliphatic rings. The molecule has 1 unspecified atom stereocenters. The van der Waals surface area contributed by atoms with E-state index < -0.39 is 17.1 Å². The van der Waals surface area contributed by atoms with E-state index in [0.717, 1.165) is 34.0 Å².